The van der Waals surface area contributed by atoms with Crippen LogP contribution in [0.2, 0.25) is 0 Å². The minimum atomic E-state index is -0.655. The highest BCUT2D eigenvalue weighted by Gasteiger charge is 2.29. The maximum atomic E-state index is 13.7. The standard InChI is InChI=1S/C17H18FN3O3/c18-14-9-19-7-4-13(14)17(22)21-15-11-23-8-5-16(15)24-10-12-3-1-2-6-20-12/h1-4,6-7,9,15-16H,5,8,10-11H2,(H,21,22)/t15-,16-/m1/s1. The maximum Gasteiger partial charge on any atom is 0.254 e. The van der Waals surface area contributed by atoms with Crippen LogP contribution in [0.5, 0.6) is 0 Å². The first-order valence-electron chi connectivity index (χ1n) is 7.73. The van der Waals surface area contributed by atoms with Crippen LogP contribution >= 0.6 is 0 Å². The number of rotatable bonds is 5. The van der Waals surface area contributed by atoms with E-state index in [1.807, 2.05) is 18.2 Å². The van der Waals surface area contributed by atoms with Crippen LogP contribution in [0.1, 0.15) is 22.5 Å². The van der Waals surface area contributed by atoms with Gasteiger partial charge in [-0.1, -0.05) is 6.07 Å². The number of halogens is 1. The third kappa shape index (κ3) is 4.12. The molecule has 0 saturated carbocycles. The maximum absolute atomic E-state index is 13.7. The molecule has 0 radical (unpaired) electrons. The molecule has 126 valence electrons. The molecule has 1 fully saturated rings. The van der Waals surface area contributed by atoms with Crippen LogP contribution in [0, 0.1) is 5.82 Å². The number of hydrogen-bond acceptors (Lipinski definition) is 5. The number of hydrogen-bond donors (Lipinski definition) is 1. The van der Waals surface area contributed by atoms with Gasteiger partial charge >= 0.3 is 0 Å². The number of ether oxygens (including phenoxy) is 2. The highest BCUT2D eigenvalue weighted by atomic mass is 19.1. The van der Waals surface area contributed by atoms with Crippen LogP contribution in [-0.4, -0.2) is 41.2 Å². The molecule has 3 rings (SSSR count). The Kier molecular flexibility index (Phi) is 5.45. The first kappa shape index (κ1) is 16.5. The summed E-state index contributed by atoms with van der Waals surface area (Å²) in [5.74, 6) is -1.16. The van der Waals surface area contributed by atoms with Crippen molar-refractivity contribution in [2.24, 2.45) is 0 Å². The largest absolute Gasteiger partial charge is 0.379 e. The van der Waals surface area contributed by atoms with Gasteiger partial charge in [0.15, 0.2) is 5.82 Å². The Labute approximate surface area is 139 Å². The monoisotopic (exact) mass is 331 g/mol. The number of amides is 1. The molecular formula is C17H18FN3O3. The summed E-state index contributed by atoms with van der Waals surface area (Å²) in [5, 5.41) is 2.79. The molecule has 7 heteroatoms. The van der Waals surface area contributed by atoms with Gasteiger partial charge in [0.2, 0.25) is 0 Å². The van der Waals surface area contributed by atoms with Crippen molar-refractivity contribution < 1.29 is 18.7 Å². The number of carbonyl (C=O) groups excluding carboxylic acids is 1. The van der Waals surface area contributed by atoms with Gasteiger partial charge in [-0.3, -0.25) is 14.8 Å². The molecule has 1 aliphatic rings. The van der Waals surface area contributed by atoms with Crippen LogP contribution in [0.25, 0.3) is 0 Å². The second kappa shape index (κ2) is 7.94. The van der Waals surface area contributed by atoms with Crippen molar-refractivity contribution in [3.8, 4) is 0 Å². The molecule has 2 aromatic heterocycles. The Balaban J connectivity index is 1.62. The molecule has 3 heterocycles. The molecule has 6 nitrogen and oxygen atoms in total. The zero-order chi connectivity index (χ0) is 16.8. The predicted octanol–water partition coefficient (Wildman–Crippen LogP) is 1.72. The van der Waals surface area contributed by atoms with Crippen molar-refractivity contribution in [1.29, 1.82) is 0 Å². The van der Waals surface area contributed by atoms with Crippen LogP contribution in [0.3, 0.4) is 0 Å². The van der Waals surface area contributed by atoms with Gasteiger partial charge in [-0.15, -0.1) is 0 Å². The van der Waals surface area contributed by atoms with Crippen LogP contribution in [-0.2, 0) is 16.1 Å². The summed E-state index contributed by atoms with van der Waals surface area (Å²) in [6.45, 7) is 1.23. The number of carbonyl (C=O) groups is 1. The molecule has 0 spiro atoms. The zero-order valence-corrected chi connectivity index (χ0v) is 13.0. The summed E-state index contributed by atoms with van der Waals surface area (Å²) in [7, 11) is 0. The van der Waals surface area contributed by atoms with Gasteiger partial charge in [0.1, 0.15) is 0 Å². The predicted molar refractivity (Wildman–Crippen MR) is 83.7 cm³/mol. The summed E-state index contributed by atoms with van der Waals surface area (Å²) in [5.41, 5.74) is 0.772. The first-order chi connectivity index (χ1) is 11.7. The van der Waals surface area contributed by atoms with Gasteiger partial charge in [-0.25, -0.2) is 4.39 Å². The lowest BCUT2D eigenvalue weighted by Crippen LogP contribution is -2.50. The molecule has 1 saturated heterocycles. The van der Waals surface area contributed by atoms with E-state index >= 15 is 0 Å². The van der Waals surface area contributed by atoms with E-state index in [0.29, 0.717) is 26.2 Å². The van der Waals surface area contributed by atoms with Crippen molar-refractivity contribution >= 4 is 5.91 Å². The summed E-state index contributed by atoms with van der Waals surface area (Å²) in [4.78, 5) is 20.1. The van der Waals surface area contributed by atoms with Gasteiger partial charge in [0, 0.05) is 19.0 Å². The van der Waals surface area contributed by atoms with Crippen molar-refractivity contribution in [3.63, 3.8) is 0 Å². The zero-order valence-electron chi connectivity index (χ0n) is 13.0. The van der Waals surface area contributed by atoms with E-state index in [2.05, 4.69) is 15.3 Å². The Morgan fingerprint density at radius 3 is 3.08 bits per heavy atom. The number of pyridine rings is 2. The van der Waals surface area contributed by atoms with E-state index in [4.69, 9.17) is 9.47 Å². The van der Waals surface area contributed by atoms with E-state index in [0.717, 1.165) is 11.9 Å². The molecule has 0 unspecified atom stereocenters. The minimum absolute atomic E-state index is 0.0425. The fourth-order valence-electron chi connectivity index (χ4n) is 2.53. The Morgan fingerprint density at radius 2 is 2.29 bits per heavy atom. The lowest BCUT2D eigenvalue weighted by atomic mass is 10.1. The third-order valence-corrected chi connectivity index (χ3v) is 3.80. The molecule has 2 aromatic rings. The fourth-order valence-corrected chi connectivity index (χ4v) is 2.53. The van der Waals surface area contributed by atoms with Crippen LogP contribution < -0.4 is 5.32 Å². The van der Waals surface area contributed by atoms with Gasteiger partial charge in [0.05, 0.1) is 42.8 Å². The number of nitrogens with zero attached hydrogens (tertiary/aromatic N) is 2. The van der Waals surface area contributed by atoms with E-state index < -0.39 is 11.7 Å². The van der Waals surface area contributed by atoms with Gasteiger partial charge in [-0.2, -0.15) is 0 Å². The van der Waals surface area contributed by atoms with E-state index in [-0.39, 0.29) is 17.7 Å². The van der Waals surface area contributed by atoms with Gasteiger partial charge in [-0.05, 0) is 24.6 Å². The second-order valence-electron chi connectivity index (χ2n) is 5.47. The highest BCUT2D eigenvalue weighted by molar-refractivity contribution is 5.94. The van der Waals surface area contributed by atoms with Gasteiger partial charge in [0.25, 0.3) is 5.91 Å². The van der Waals surface area contributed by atoms with E-state index in [1.54, 1.807) is 6.20 Å². The minimum Gasteiger partial charge on any atom is -0.379 e. The second-order valence-corrected chi connectivity index (χ2v) is 5.47. The average Bonchev–Trinajstić information content (AvgIpc) is 2.62. The van der Waals surface area contributed by atoms with Crippen molar-refractivity contribution in [3.05, 3.63) is 59.9 Å². The third-order valence-electron chi connectivity index (χ3n) is 3.80. The summed E-state index contributed by atoms with van der Waals surface area (Å²) in [6, 6.07) is 6.60. The normalized spacial score (nSPS) is 20.5. The highest BCUT2D eigenvalue weighted by Crippen LogP contribution is 2.15. The summed E-state index contributed by atoms with van der Waals surface area (Å²) < 4.78 is 25.0. The summed E-state index contributed by atoms with van der Waals surface area (Å²) >= 11 is 0. The molecular weight excluding hydrogens is 313 g/mol. The summed E-state index contributed by atoms with van der Waals surface area (Å²) in [6.07, 6.45) is 4.53. The van der Waals surface area contributed by atoms with E-state index in [1.165, 1.54) is 12.3 Å². The molecule has 0 bridgehead atoms. The SMILES string of the molecule is O=C(N[C@@H]1COCC[C@H]1OCc1ccccn1)c1ccncc1F. The Morgan fingerprint density at radius 1 is 1.38 bits per heavy atom. The van der Waals surface area contributed by atoms with E-state index in [9.17, 15) is 9.18 Å². The molecule has 1 amide bonds. The van der Waals surface area contributed by atoms with Crippen molar-refractivity contribution in [2.45, 2.75) is 25.2 Å². The van der Waals surface area contributed by atoms with Crippen molar-refractivity contribution in [2.75, 3.05) is 13.2 Å². The lowest BCUT2D eigenvalue weighted by molar-refractivity contribution is -0.0613. The smallest absolute Gasteiger partial charge is 0.254 e. The molecule has 1 aliphatic heterocycles. The van der Waals surface area contributed by atoms with Gasteiger partial charge < -0.3 is 14.8 Å². The average molecular weight is 331 g/mol. The van der Waals surface area contributed by atoms with Crippen LogP contribution in [0.4, 0.5) is 4.39 Å². The lowest BCUT2D eigenvalue weighted by Gasteiger charge is -2.32. The Hall–Kier alpha value is -2.38. The first-order valence-corrected chi connectivity index (χ1v) is 7.73. The number of aromatic nitrogens is 2. The van der Waals surface area contributed by atoms with Crippen LogP contribution in [0.15, 0.2) is 42.9 Å². The fraction of sp³-hybridized carbons (Fsp3) is 0.353. The Bertz CT molecular complexity index is 684. The molecule has 2 atom stereocenters. The molecule has 24 heavy (non-hydrogen) atoms. The quantitative estimate of drug-likeness (QED) is 0.903. The molecule has 0 aromatic carbocycles. The molecule has 1 N–H and O–H groups in total. The topological polar surface area (TPSA) is 73.3 Å². The van der Waals surface area contributed by atoms with Crippen molar-refractivity contribution in [1.82, 2.24) is 15.3 Å². The number of nitrogens with one attached hydrogen (secondary N) is 1. The molecule has 0 aliphatic carbocycles.